The van der Waals surface area contributed by atoms with Crippen LogP contribution in [0, 0.1) is 0 Å². The molecule has 0 unspecified atom stereocenters. The fourth-order valence-corrected chi connectivity index (χ4v) is 2.32. The largest absolute Gasteiger partial charge is 0.462 e. The highest BCUT2D eigenvalue weighted by Crippen LogP contribution is 2.08. The zero-order chi connectivity index (χ0) is 19.8. The number of carbonyl (C=O) groups is 2. The van der Waals surface area contributed by atoms with Crippen LogP contribution >= 0.6 is 0 Å². The number of carbonyl (C=O) groups excluding carboxylic acids is 2. The Morgan fingerprint density at radius 2 is 1.00 bits per heavy atom. The van der Waals surface area contributed by atoms with E-state index in [0.717, 1.165) is 34.9 Å². The molecule has 0 saturated heterocycles. The average Bonchev–Trinajstić information content (AvgIpc) is 2.53. The van der Waals surface area contributed by atoms with Gasteiger partial charge < -0.3 is 18.4 Å². The minimum Gasteiger partial charge on any atom is -0.462 e. The molecular formula is C20H34N2O4+2. The summed E-state index contributed by atoms with van der Waals surface area (Å²) in [5.74, 6) is -0.733. The predicted molar refractivity (Wildman–Crippen MR) is 102 cm³/mol. The van der Waals surface area contributed by atoms with E-state index in [9.17, 15) is 9.59 Å². The first kappa shape index (κ1) is 22.1. The van der Waals surface area contributed by atoms with Crippen LogP contribution < -0.4 is 0 Å². The Kier molecular flexibility index (Phi) is 8.24. The maximum absolute atomic E-state index is 12.0. The van der Waals surface area contributed by atoms with Gasteiger partial charge in [0.05, 0.1) is 79.7 Å². The van der Waals surface area contributed by atoms with Gasteiger partial charge >= 0.3 is 11.9 Å². The van der Waals surface area contributed by atoms with Crippen LogP contribution in [-0.2, 0) is 9.47 Å². The van der Waals surface area contributed by atoms with Gasteiger partial charge in [-0.05, 0) is 24.3 Å². The van der Waals surface area contributed by atoms with Gasteiger partial charge in [-0.1, -0.05) is 0 Å². The smallest absolute Gasteiger partial charge is 0.338 e. The predicted octanol–water partition coefficient (Wildman–Crippen LogP) is 2.19. The molecule has 26 heavy (non-hydrogen) atoms. The van der Waals surface area contributed by atoms with Crippen molar-refractivity contribution in [1.82, 2.24) is 0 Å². The van der Waals surface area contributed by atoms with E-state index in [2.05, 4.69) is 42.3 Å². The molecule has 0 N–H and O–H groups in total. The molecule has 0 fully saturated rings. The molecule has 0 saturated carbocycles. The van der Waals surface area contributed by atoms with Crippen molar-refractivity contribution in [1.29, 1.82) is 0 Å². The maximum atomic E-state index is 12.0. The second kappa shape index (κ2) is 9.69. The van der Waals surface area contributed by atoms with Gasteiger partial charge in [0.2, 0.25) is 0 Å². The fourth-order valence-electron chi connectivity index (χ4n) is 2.32. The minimum absolute atomic E-state index is 0.366. The maximum Gasteiger partial charge on any atom is 0.338 e. The molecule has 0 radical (unpaired) electrons. The zero-order valence-corrected chi connectivity index (χ0v) is 17.1. The third-order valence-electron chi connectivity index (χ3n) is 3.77. The molecule has 0 amide bonds. The highest BCUT2D eigenvalue weighted by atomic mass is 16.5. The topological polar surface area (TPSA) is 52.6 Å². The first-order valence-corrected chi connectivity index (χ1v) is 9.03. The molecule has 0 atom stereocenters. The van der Waals surface area contributed by atoms with E-state index >= 15 is 0 Å². The first-order chi connectivity index (χ1) is 12.0. The van der Waals surface area contributed by atoms with Crippen molar-refractivity contribution in [3.05, 3.63) is 35.4 Å². The average molecular weight is 367 g/mol. The summed E-state index contributed by atoms with van der Waals surface area (Å²) in [6.45, 7) is 2.66. The zero-order valence-electron chi connectivity index (χ0n) is 17.1. The second-order valence-corrected chi connectivity index (χ2v) is 8.58. The Bertz CT molecular complexity index is 530. The van der Waals surface area contributed by atoms with E-state index in [0.29, 0.717) is 24.3 Å². The molecule has 6 nitrogen and oxygen atoms in total. The lowest BCUT2D eigenvalue weighted by Gasteiger charge is -2.23. The summed E-state index contributed by atoms with van der Waals surface area (Å²) in [5, 5.41) is 0. The van der Waals surface area contributed by atoms with Crippen molar-refractivity contribution in [3.63, 3.8) is 0 Å². The van der Waals surface area contributed by atoms with Gasteiger partial charge in [0.25, 0.3) is 0 Å². The molecule has 1 aromatic rings. The van der Waals surface area contributed by atoms with Crippen LogP contribution in [0.25, 0.3) is 0 Å². The van der Waals surface area contributed by atoms with Crippen molar-refractivity contribution in [3.8, 4) is 0 Å². The number of hydrogen-bond donors (Lipinski definition) is 0. The summed E-state index contributed by atoms with van der Waals surface area (Å²) in [4.78, 5) is 24.0. The number of nitrogens with zero attached hydrogens (tertiary/aromatic N) is 2. The van der Waals surface area contributed by atoms with Crippen LogP contribution in [-0.4, -0.2) is 89.5 Å². The standard InChI is InChI=1S/C20H34N2O4/c1-21(2,3)13-7-15-25-19(23)17-9-11-18(12-10-17)20(24)26-16-8-14-22(4,5)6/h9-12H,7-8,13-16H2,1-6H3/q+2. The monoisotopic (exact) mass is 366 g/mol. The Hall–Kier alpha value is -1.92. The van der Waals surface area contributed by atoms with Crippen molar-refractivity contribution >= 4 is 11.9 Å². The Morgan fingerprint density at radius 3 is 1.27 bits per heavy atom. The molecule has 0 spiro atoms. The molecule has 0 aliphatic heterocycles. The van der Waals surface area contributed by atoms with Crippen LogP contribution in [0.3, 0.4) is 0 Å². The quantitative estimate of drug-likeness (QED) is 0.362. The number of hydrogen-bond acceptors (Lipinski definition) is 4. The molecule has 0 aromatic heterocycles. The summed E-state index contributed by atoms with van der Waals surface area (Å²) in [7, 11) is 12.6. The molecule has 0 aliphatic carbocycles. The lowest BCUT2D eigenvalue weighted by molar-refractivity contribution is -0.870. The van der Waals surface area contributed by atoms with Crippen LogP contribution in [0.1, 0.15) is 33.6 Å². The van der Waals surface area contributed by atoms with Gasteiger partial charge in [-0.15, -0.1) is 0 Å². The lowest BCUT2D eigenvalue weighted by atomic mass is 10.1. The van der Waals surface area contributed by atoms with E-state index in [1.165, 1.54) is 0 Å². The number of esters is 2. The van der Waals surface area contributed by atoms with Gasteiger partial charge in [0, 0.05) is 12.8 Å². The molecular weight excluding hydrogens is 332 g/mol. The summed E-state index contributed by atoms with van der Waals surface area (Å²) >= 11 is 0. The first-order valence-electron chi connectivity index (χ1n) is 9.03. The van der Waals surface area contributed by atoms with E-state index < -0.39 is 0 Å². The van der Waals surface area contributed by atoms with Gasteiger partial charge in [0.1, 0.15) is 0 Å². The number of rotatable bonds is 10. The molecule has 0 heterocycles. The molecule has 6 heteroatoms. The summed E-state index contributed by atoms with van der Waals surface area (Å²) in [5.41, 5.74) is 0.883. The van der Waals surface area contributed by atoms with Gasteiger partial charge in [-0.2, -0.15) is 0 Å². The molecule has 1 aromatic carbocycles. The molecule has 146 valence electrons. The van der Waals surface area contributed by atoms with Crippen molar-refractivity contribution in [2.24, 2.45) is 0 Å². The van der Waals surface area contributed by atoms with Crippen LogP contribution in [0.5, 0.6) is 0 Å². The van der Waals surface area contributed by atoms with Gasteiger partial charge in [-0.25, -0.2) is 9.59 Å². The minimum atomic E-state index is -0.366. The summed E-state index contributed by atoms with van der Waals surface area (Å²) < 4.78 is 12.2. The van der Waals surface area contributed by atoms with Crippen molar-refractivity contribution in [2.75, 3.05) is 68.6 Å². The Labute approximate surface area is 157 Å². The van der Waals surface area contributed by atoms with E-state index in [4.69, 9.17) is 9.47 Å². The Balaban J connectivity index is 2.39. The van der Waals surface area contributed by atoms with Crippen LogP contribution in [0.15, 0.2) is 24.3 Å². The summed E-state index contributed by atoms with van der Waals surface area (Å²) in [6.07, 6.45) is 1.62. The Morgan fingerprint density at radius 1 is 0.692 bits per heavy atom. The third kappa shape index (κ3) is 9.53. The normalized spacial score (nSPS) is 11.9. The number of ether oxygens (including phenoxy) is 2. The van der Waals surface area contributed by atoms with E-state index in [1.54, 1.807) is 24.3 Å². The highest BCUT2D eigenvalue weighted by molar-refractivity contribution is 5.93. The number of benzene rings is 1. The summed E-state index contributed by atoms with van der Waals surface area (Å²) in [6, 6.07) is 6.41. The number of quaternary nitrogens is 2. The van der Waals surface area contributed by atoms with Crippen molar-refractivity contribution in [2.45, 2.75) is 12.8 Å². The fraction of sp³-hybridized carbons (Fsp3) is 0.600. The van der Waals surface area contributed by atoms with E-state index in [1.807, 2.05) is 0 Å². The lowest BCUT2D eigenvalue weighted by Crippen LogP contribution is -2.35. The third-order valence-corrected chi connectivity index (χ3v) is 3.77. The molecule has 0 bridgehead atoms. The second-order valence-electron chi connectivity index (χ2n) is 8.58. The SMILES string of the molecule is C[N+](C)(C)CCCOC(=O)c1ccc(C(=O)OCCC[N+](C)(C)C)cc1. The van der Waals surface area contributed by atoms with Crippen LogP contribution in [0.4, 0.5) is 0 Å². The molecule has 0 aliphatic rings. The van der Waals surface area contributed by atoms with Crippen LogP contribution in [0.2, 0.25) is 0 Å². The van der Waals surface area contributed by atoms with Gasteiger partial charge in [0.15, 0.2) is 0 Å². The van der Waals surface area contributed by atoms with Gasteiger partial charge in [-0.3, -0.25) is 0 Å². The van der Waals surface area contributed by atoms with E-state index in [-0.39, 0.29) is 11.9 Å². The molecule has 1 rings (SSSR count). The highest BCUT2D eigenvalue weighted by Gasteiger charge is 2.13. The van der Waals surface area contributed by atoms with Crippen molar-refractivity contribution < 1.29 is 28.0 Å².